The molecule has 4 aromatic rings. The van der Waals surface area contributed by atoms with Gasteiger partial charge in [0.15, 0.2) is 0 Å². The van der Waals surface area contributed by atoms with Crippen molar-refractivity contribution in [2.45, 2.75) is 0 Å². The van der Waals surface area contributed by atoms with Crippen molar-refractivity contribution in [3.05, 3.63) is 95.0 Å². The van der Waals surface area contributed by atoms with Gasteiger partial charge in [0, 0.05) is 42.1 Å². The molecule has 2 aromatic heterocycles. The molecule has 0 spiro atoms. The molecule has 0 aliphatic heterocycles. The third kappa shape index (κ3) is 3.61. The molecule has 2 aromatic carbocycles. The number of fused-ring (bicyclic) bond motifs is 1. The first-order valence-corrected chi connectivity index (χ1v) is 8.70. The van der Waals surface area contributed by atoms with E-state index < -0.39 is 0 Å². The lowest BCUT2D eigenvalue weighted by Gasteiger charge is -2.10. The number of aromatic nitrogens is 2. The number of pyridine rings is 2. The van der Waals surface area contributed by atoms with E-state index in [9.17, 15) is 9.59 Å². The number of nitrogens with one attached hydrogen (secondary N) is 1. The quantitative estimate of drug-likeness (QED) is 0.589. The summed E-state index contributed by atoms with van der Waals surface area (Å²) in [6.45, 7) is 0. The van der Waals surface area contributed by atoms with E-state index in [1.807, 2.05) is 30.3 Å². The van der Waals surface area contributed by atoms with Crippen LogP contribution in [0.2, 0.25) is 0 Å². The van der Waals surface area contributed by atoms with Gasteiger partial charge in [-0.15, -0.1) is 0 Å². The Bertz CT molecular complexity index is 1210. The number of carbonyl (C=O) groups excluding carboxylic acids is 1. The Balaban J connectivity index is 1.50. The van der Waals surface area contributed by atoms with Crippen molar-refractivity contribution in [1.29, 1.82) is 0 Å². The third-order valence-electron chi connectivity index (χ3n) is 4.32. The second-order valence-corrected chi connectivity index (χ2v) is 6.27. The molecule has 0 radical (unpaired) electrons. The van der Waals surface area contributed by atoms with E-state index in [1.54, 1.807) is 49.8 Å². The number of rotatable bonds is 4. The molecule has 6 nitrogen and oxygen atoms in total. The maximum Gasteiger partial charge on any atom is 0.255 e. The predicted octanol–water partition coefficient (Wildman–Crippen LogP) is 3.98. The zero-order chi connectivity index (χ0) is 19.5. The average Bonchev–Trinajstić information content (AvgIpc) is 2.72. The van der Waals surface area contributed by atoms with Gasteiger partial charge in [-0.3, -0.25) is 14.6 Å². The summed E-state index contributed by atoms with van der Waals surface area (Å²) in [5.74, 6) is 1.01. The fourth-order valence-corrected chi connectivity index (χ4v) is 2.78. The van der Waals surface area contributed by atoms with Crippen molar-refractivity contribution in [2.24, 2.45) is 7.05 Å². The molecule has 0 saturated heterocycles. The van der Waals surface area contributed by atoms with E-state index in [-0.39, 0.29) is 11.5 Å². The first-order valence-electron chi connectivity index (χ1n) is 8.70. The molecule has 6 heteroatoms. The molecule has 1 amide bonds. The minimum Gasteiger partial charge on any atom is -0.457 e. The summed E-state index contributed by atoms with van der Waals surface area (Å²) in [7, 11) is 1.63. The summed E-state index contributed by atoms with van der Waals surface area (Å²) in [5, 5.41) is 3.70. The number of aryl methyl sites for hydroxylation is 1. The van der Waals surface area contributed by atoms with Crippen LogP contribution in [-0.4, -0.2) is 15.5 Å². The topological polar surface area (TPSA) is 73.2 Å². The van der Waals surface area contributed by atoms with Gasteiger partial charge in [0.25, 0.3) is 11.5 Å². The average molecular weight is 371 g/mol. The Morgan fingerprint density at radius 3 is 2.61 bits per heavy atom. The van der Waals surface area contributed by atoms with Crippen molar-refractivity contribution in [1.82, 2.24) is 9.55 Å². The van der Waals surface area contributed by atoms with Crippen LogP contribution in [0.5, 0.6) is 11.5 Å². The molecule has 0 unspecified atom stereocenters. The van der Waals surface area contributed by atoms with E-state index >= 15 is 0 Å². The van der Waals surface area contributed by atoms with Crippen molar-refractivity contribution in [3.8, 4) is 11.5 Å². The van der Waals surface area contributed by atoms with Crippen LogP contribution in [0.15, 0.2) is 83.9 Å². The molecule has 0 fully saturated rings. The normalized spacial score (nSPS) is 10.6. The van der Waals surface area contributed by atoms with Gasteiger partial charge in [0.2, 0.25) is 0 Å². The van der Waals surface area contributed by atoms with Crippen molar-refractivity contribution in [3.63, 3.8) is 0 Å². The second-order valence-electron chi connectivity index (χ2n) is 6.27. The van der Waals surface area contributed by atoms with Gasteiger partial charge in [-0.25, -0.2) is 0 Å². The molecule has 0 aliphatic carbocycles. The number of carbonyl (C=O) groups is 1. The van der Waals surface area contributed by atoms with Crippen molar-refractivity contribution in [2.75, 3.05) is 5.32 Å². The van der Waals surface area contributed by atoms with Crippen molar-refractivity contribution >= 4 is 22.5 Å². The van der Waals surface area contributed by atoms with Gasteiger partial charge in [-0.05, 0) is 48.5 Å². The van der Waals surface area contributed by atoms with Crippen LogP contribution < -0.4 is 15.6 Å². The third-order valence-corrected chi connectivity index (χ3v) is 4.32. The Labute approximate surface area is 161 Å². The second kappa shape index (κ2) is 7.36. The van der Waals surface area contributed by atoms with Gasteiger partial charge in [0.05, 0.1) is 5.52 Å². The van der Waals surface area contributed by atoms with Crippen LogP contribution in [0.3, 0.4) is 0 Å². The highest BCUT2D eigenvalue weighted by molar-refractivity contribution is 6.04. The highest BCUT2D eigenvalue weighted by Crippen LogP contribution is 2.29. The molecule has 1 N–H and O–H groups in total. The highest BCUT2D eigenvalue weighted by Gasteiger charge is 2.08. The first kappa shape index (κ1) is 17.5. The lowest BCUT2D eigenvalue weighted by atomic mass is 10.2. The zero-order valence-electron chi connectivity index (χ0n) is 15.1. The number of benzene rings is 2. The van der Waals surface area contributed by atoms with E-state index in [0.29, 0.717) is 22.7 Å². The summed E-state index contributed by atoms with van der Waals surface area (Å²) in [6, 6.07) is 19.5. The SMILES string of the molecule is Cn1ccc(C(=O)Nc2ccc(Oc3ccnc4ccccc34)cc2)cc1=O. The summed E-state index contributed by atoms with van der Waals surface area (Å²) < 4.78 is 7.38. The lowest BCUT2D eigenvalue weighted by molar-refractivity contribution is 0.102. The Morgan fingerprint density at radius 1 is 1.04 bits per heavy atom. The molecule has 4 rings (SSSR count). The number of nitrogens with zero attached hydrogens (tertiary/aromatic N) is 2. The smallest absolute Gasteiger partial charge is 0.255 e. The Morgan fingerprint density at radius 2 is 1.82 bits per heavy atom. The van der Waals surface area contributed by atoms with Gasteiger partial charge in [0.1, 0.15) is 11.5 Å². The number of ether oxygens (including phenoxy) is 1. The maximum atomic E-state index is 12.3. The minimum atomic E-state index is -0.341. The molecule has 138 valence electrons. The molecule has 2 heterocycles. The highest BCUT2D eigenvalue weighted by atomic mass is 16.5. The number of hydrogen-bond acceptors (Lipinski definition) is 4. The van der Waals surface area contributed by atoms with Gasteiger partial charge in [-0.1, -0.05) is 12.1 Å². The number of amides is 1. The molecule has 0 atom stereocenters. The molecular weight excluding hydrogens is 354 g/mol. The maximum absolute atomic E-state index is 12.3. The van der Waals surface area contributed by atoms with Gasteiger partial charge >= 0.3 is 0 Å². The van der Waals surface area contributed by atoms with Crippen LogP contribution in [0.25, 0.3) is 10.9 Å². The minimum absolute atomic E-state index is 0.235. The Kier molecular flexibility index (Phi) is 4.60. The fraction of sp³-hybridized carbons (Fsp3) is 0.0455. The number of hydrogen-bond donors (Lipinski definition) is 1. The summed E-state index contributed by atoms with van der Waals surface area (Å²) in [6.07, 6.45) is 3.27. The monoisotopic (exact) mass is 371 g/mol. The van der Waals surface area contributed by atoms with Crippen LogP contribution in [-0.2, 0) is 7.05 Å². The van der Waals surface area contributed by atoms with E-state index in [2.05, 4.69) is 10.3 Å². The summed E-state index contributed by atoms with van der Waals surface area (Å²) in [5.41, 5.74) is 1.54. The number of anilines is 1. The largest absolute Gasteiger partial charge is 0.457 e. The number of para-hydroxylation sites is 1. The fourth-order valence-electron chi connectivity index (χ4n) is 2.78. The zero-order valence-corrected chi connectivity index (χ0v) is 15.1. The first-order chi connectivity index (χ1) is 13.6. The summed E-state index contributed by atoms with van der Waals surface area (Å²) in [4.78, 5) is 28.3. The lowest BCUT2D eigenvalue weighted by Crippen LogP contribution is -2.19. The molecule has 28 heavy (non-hydrogen) atoms. The molecule has 0 aliphatic rings. The molecule has 0 bridgehead atoms. The van der Waals surface area contributed by atoms with Crippen LogP contribution in [0.4, 0.5) is 5.69 Å². The predicted molar refractivity (Wildman–Crippen MR) is 108 cm³/mol. The molecular formula is C22H17N3O3. The summed E-state index contributed by atoms with van der Waals surface area (Å²) >= 11 is 0. The van der Waals surface area contributed by atoms with E-state index in [1.165, 1.54) is 10.6 Å². The van der Waals surface area contributed by atoms with E-state index in [4.69, 9.17) is 4.74 Å². The Hall–Kier alpha value is -3.93. The van der Waals surface area contributed by atoms with Crippen LogP contribution in [0, 0.1) is 0 Å². The van der Waals surface area contributed by atoms with Crippen molar-refractivity contribution < 1.29 is 9.53 Å². The van der Waals surface area contributed by atoms with E-state index in [0.717, 1.165) is 10.9 Å². The van der Waals surface area contributed by atoms with Gasteiger partial charge in [-0.2, -0.15) is 0 Å². The van der Waals surface area contributed by atoms with Gasteiger partial charge < -0.3 is 14.6 Å². The van der Waals surface area contributed by atoms with Crippen LogP contribution in [0.1, 0.15) is 10.4 Å². The molecule has 0 saturated carbocycles. The standard InChI is InChI=1S/C22H17N3O3/c1-25-13-11-15(14-21(25)26)22(27)24-16-6-8-17(9-7-16)28-20-10-12-23-19-5-3-2-4-18(19)20/h2-14H,1H3,(H,24,27). The van der Waals surface area contributed by atoms with Crippen LogP contribution >= 0.6 is 0 Å².